The molecular formula is C12H21NO. The smallest absolute Gasteiger partial charge is 0.146 e. The van der Waals surface area contributed by atoms with Crippen LogP contribution in [-0.2, 0) is 4.79 Å². The Morgan fingerprint density at radius 2 is 2.14 bits per heavy atom. The van der Waals surface area contributed by atoms with Gasteiger partial charge in [-0.25, -0.2) is 0 Å². The largest absolute Gasteiger partial charge is 0.321 e. The van der Waals surface area contributed by atoms with E-state index in [0.717, 1.165) is 12.8 Å². The first-order chi connectivity index (χ1) is 6.70. The minimum absolute atomic E-state index is 0.0647. The van der Waals surface area contributed by atoms with Gasteiger partial charge in [-0.05, 0) is 26.2 Å². The number of ketones is 1. The molecule has 1 rings (SSSR count). The summed E-state index contributed by atoms with van der Waals surface area (Å²) in [5.74, 6) is 0.0647. The van der Waals surface area contributed by atoms with Gasteiger partial charge in [0.2, 0.25) is 0 Å². The van der Waals surface area contributed by atoms with E-state index in [9.17, 15) is 4.79 Å². The molecule has 0 radical (unpaired) electrons. The van der Waals surface area contributed by atoms with Crippen LogP contribution in [0.3, 0.4) is 0 Å². The van der Waals surface area contributed by atoms with Gasteiger partial charge in [0.25, 0.3) is 0 Å². The average Bonchev–Trinajstić information content (AvgIpc) is 2.22. The van der Waals surface area contributed by atoms with Crippen molar-refractivity contribution in [3.63, 3.8) is 0 Å². The number of Topliss-reactive ketones (excluding diaryl/α,β-unsaturated/α-hetero) is 1. The summed E-state index contributed by atoms with van der Waals surface area (Å²) in [5.41, 5.74) is 6.82. The highest BCUT2D eigenvalue weighted by Gasteiger charge is 2.09. The molecule has 0 spiro atoms. The van der Waals surface area contributed by atoms with Crippen molar-refractivity contribution in [2.24, 2.45) is 5.73 Å². The minimum Gasteiger partial charge on any atom is -0.321 e. The summed E-state index contributed by atoms with van der Waals surface area (Å²) < 4.78 is 0. The summed E-state index contributed by atoms with van der Waals surface area (Å²) >= 11 is 0. The second-order valence-corrected chi connectivity index (χ2v) is 3.18. The third-order valence-electron chi connectivity index (χ3n) is 2.05. The third-order valence-corrected chi connectivity index (χ3v) is 2.05. The Labute approximate surface area is 86.9 Å². The van der Waals surface area contributed by atoms with Gasteiger partial charge >= 0.3 is 0 Å². The van der Waals surface area contributed by atoms with Gasteiger partial charge in [0.05, 0.1) is 6.04 Å². The number of hydrogen-bond donors (Lipinski definition) is 1. The van der Waals surface area contributed by atoms with Crippen LogP contribution in [0.2, 0.25) is 0 Å². The van der Waals surface area contributed by atoms with E-state index in [4.69, 9.17) is 5.73 Å². The number of hydrogen-bond acceptors (Lipinski definition) is 2. The standard InChI is InChI=1S/C10H15NO.C2H6/c1-8(12)10(11)7-9-5-3-2-4-6-9;1-2/h3,5-6,10H,2,4,7,11H2,1H3;1-2H3. The zero-order valence-corrected chi connectivity index (χ0v) is 9.42. The van der Waals surface area contributed by atoms with Crippen molar-refractivity contribution < 1.29 is 4.79 Å². The van der Waals surface area contributed by atoms with Gasteiger partial charge in [0.1, 0.15) is 5.78 Å². The fraction of sp³-hybridized carbons (Fsp3) is 0.583. The molecule has 1 unspecified atom stereocenters. The summed E-state index contributed by atoms with van der Waals surface area (Å²) in [6.07, 6.45) is 9.22. The Balaban J connectivity index is 0.000000791. The highest BCUT2D eigenvalue weighted by atomic mass is 16.1. The van der Waals surface area contributed by atoms with Gasteiger partial charge in [-0.15, -0.1) is 0 Å². The number of rotatable bonds is 3. The number of nitrogens with two attached hydrogens (primary N) is 1. The Hall–Kier alpha value is -0.890. The topological polar surface area (TPSA) is 43.1 Å². The van der Waals surface area contributed by atoms with Gasteiger partial charge in [0, 0.05) is 0 Å². The summed E-state index contributed by atoms with van der Waals surface area (Å²) in [4.78, 5) is 10.8. The summed E-state index contributed by atoms with van der Waals surface area (Å²) in [6.45, 7) is 5.54. The van der Waals surface area contributed by atoms with Crippen LogP contribution in [0.15, 0.2) is 23.8 Å². The highest BCUT2D eigenvalue weighted by molar-refractivity contribution is 5.81. The van der Waals surface area contributed by atoms with Crippen LogP contribution < -0.4 is 5.73 Å². The van der Waals surface area contributed by atoms with Crippen LogP contribution in [0, 0.1) is 0 Å². The normalized spacial score (nSPS) is 16.4. The van der Waals surface area contributed by atoms with Crippen LogP contribution >= 0.6 is 0 Å². The van der Waals surface area contributed by atoms with Gasteiger partial charge in [0.15, 0.2) is 0 Å². The van der Waals surface area contributed by atoms with Crippen molar-refractivity contribution >= 4 is 5.78 Å². The maximum Gasteiger partial charge on any atom is 0.146 e. The molecule has 2 heteroatoms. The van der Waals surface area contributed by atoms with Crippen LogP contribution in [0.5, 0.6) is 0 Å². The number of carbonyl (C=O) groups is 1. The van der Waals surface area contributed by atoms with Crippen LogP contribution in [0.1, 0.15) is 40.0 Å². The van der Waals surface area contributed by atoms with E-state index in [2.05, 4.69) is 18.2 Å². The van der Waals surface area contributed by atoms with Crippen LogP contribution in [-0.4, -0.2) is 11.8 Å². The second-order valence-electron chi connectivity index (χ2n) is 3.18. The van der Waals surface area contributed by atoms with E-state index in [-0.39, 0.29) is 11.8 Å². The lowest BCUT2D eigenvalue weighted by molar-refractivity contribution is -0.118. The lowest BCUT2D eigenvalue weighted by Gasteiger charge is -2.10. The molecule has 0 saturated heterocycles. The zero-order valence-electron chi connectivity index (χ0n) is 9.42. The fourth-order valence-corrected chi connectivity index (χ4v) is 1.22. The van der Waals surface area contributed by atoms with Crippen molar-refractivity contribution in [2.75, 3.05) is 0 Å². The number of allylic oxidation sites excluding steroid dienone is 3. The molecule has 0 heterocycles. The zero-order chi connectivity index (χ0) is 11.0. The first kappa shape index (κ1) is 13.1. The van der Waals surface area contributed by atoms with Gasteiger partial charge < -0.3 is 5.73 Å². The first-order valence-corrected chi connectivity index (χ1v) is 5.32. The molecule has 1 atom stereocenters. The SMILES string of the molecule is CC.CC(=O)C(N)CC1=CCCC=C1. The Morgan fingerprint density at radius 3 is 2.57 bits per heavy atom. The van der Waals surface area contributed by atoms with E-state index in [0.29, 0.717) is 6.42 Å². The minimum atomic E-state index is -0.320. The van der Waals surface area contributed by atoms with Gasteiger partial charge in [-0.1, -0.05) is 37.6 Å². The Kier molecular flexibility index (Phi) is 7.03. The van der Waals surface area contributed by atoms with Crippen LogP contribution in [0.4, 0.5) is 0 Å². The highest BCUT2D eigenvalue weighted by Crippen LogP contribution is 2.14. The molecule has 0 amide bonds. The molecule has 1 aliphatic carbocycles. The van der Waals surface area contributed by atoms with E-state index >= 15 is 0 Å². The molecule has 0 fully saturated rings. The maximum absolute atomic E-state index is 10.8. The molecule has 0 aliphatic heterocycles. The summed E-state index contributed by atoms with van der Waals surface area (Å²) in [6, 6.07) is -0.320. The van der Waals surface area contributed by atoms with Crippen molar-refractivity contribution in [1.29, 1.82) is 0 Å². The lowest BCUT2D eigenvalue weighted by atomic mass is 9.99. The van der Waals surface area contributed by atoms with Crippen molar-refractivity contribution in [3.05, 3.63) is 23.8 Å². The van der Waals surface area contributed by atoms with Crippen molar-refractivity contribution in [3.8, 4) is 0 Å². The maximum atomic E-state index is 10.8. The predicted molar refractivity (Wildman–Crippen MR) is 61.1 cm³/mol. The van der Waals surface area contributed by atoms with Crippen molar-refractivity contribution in [2.45, 2.75) is 46.1 Å². The third kappa shape index (κ3) is 4.97. The summed E-state index contributed by atoms with van der Waals surface area (Å²) in [7, 11) is 0. The molecule has 0 bridgehead atoms. The average molecular weight is 195 g/mol. The first-order valence-electron chi connectivity index (χ1n) is 5.32. The van der Waals surface area contributed by atoms with E-state index in [1.807, 2.05) is 13.8 Å². The molecule has 2 N–H and O–H groups in total. The Bertz CT molecular complexity index is 228. The molecule has 0 aromatic rings. The molecular weight excluding hydrogens is 174 g/mol. The van der Waals surface area contributed by atoms with Gasteiger partial charge in [-0.3, -0.25) is 4.79 Å². The quantitative estimate of drug-likeness (QED) is 0.752. The Morgan fingerprint density at radius 1 is 1.50 bits per heavy atom. The molecule has 0 aromatic carbocycles. The van der Waals surface area contributed by atoms with E-state index in [1.165, 1.54) is 12.5 Å². The monoisotopic (exact) mass is 195 g/mol. The van der Waals surface area contributed by atoms with Crippen molar-refractivity contribution in [1.82, 2.24) is 0 Å². The van der Waals surface area contributed by atoms with Crippen LogP contribution in [0.25, 0.3) is 0 Å². The lowest BCUT2D eigenvalue weighted by Crippen LogP contribution is -2.28. The molecule has 1 aliphatic rings. The molecule has 14 heavy (non-hydrogen) atoms. The molecule has 0 saturated carbocycles. The molecule has 2 nitrogen and oxygen atoms in total. The second kappa shape index (κ2) is 7.51. The fourth-order valence-electron chi connectivity index (χ4n) is 1.22. The van der Waals surface area contributed by atoms with E-state index < -0.39 is 0 Å². The molecule has 80 valence electrons. The predicted octanol–water partition coefficient (Wildman–Crippen LogP) is 2.60. The van der Waals surface area contributed by atoms with Gasteiger partial charge in [-0.2, -0.15) is 0 Å². The molecule has 0 aromatic heterocycles. The van der Waals surface area contributed by atoms with E-state index in [1.54, 1.807) is 0 Å². The number of carbonyl (C=O) groups excluding carboxylic acids is 1. The summed E-state index contributed by atoms with van der Waals surface area (Å²) in [5, 5.41) is 0.